The van der Waals surface area contributed by atoms with Crippen LogP contribution in [0.5, 0.6) is 5.75 Å². The van der Waals surface area contributed by atoms with Crippen molar-refractivity contribution in [1.29, 1.82) is 0 Å². The monoisotopic (exact) mass is 355 g/mol. The van der Waals surface area contributed by atoms with Crippen LogP contribution in [0.2, 0.25) is 0 Å². The highest BCUT2D eigenvalue weighted by Crippen LogP contribution is 2.18. The molecule has 1 aromatic carbocycles. The number of hydrogen-bond acceptors (Lipinski definition) is 7. The lowest BCUT2D eigenvalue weighted by molar-refractivity contribution is 0.0963. The zero-order valence-electron chi connectivity index (χ0n) is 14.2. The minimum Gasteiger partial charge on any atom is -0.494 e. The third kappa shape index (κ3) is 3.11. The Balaban J connectivity index is 1.86. The number of fused-ring (bicyclic) bond motifs is 1. The van der Waals surface area contributed by atoms with Crippen LogP contribution in [-0.4, -0.2) is 45.3 Å². The van der Waals surface area contributed by atoms with Crippen LogP contribution in [0.4, 0.5) is 11.5 Å². The fourth-order valence-electron chi connectivity index (χ4n) is 2.31. The van der Waals surface area contributed by atoms with Crippen LogP contribution in [0.3, 0.4) is 0 Å². The molecule has 134 valence electrons. The number of carbonyl (C=O) groups is 2. The van der Waals surface area contributed by atoms with Gasteiger partial charge in [-0.15, -0.1) is 10.2 Å². The van der Waals surface area contributed by atoms with Crippen molar-refractivity contribution in [2.24, 2.45) is 0 Å². The lowest BCUT2D eigenvalue weighted by atomic mass is 10.3. The second kappa shape index (κ2) is 7.05. The predicted molar refractivity (Wildman–Crippen MR) is 94.1 cm³/mol. The second-order valence-corrected chi connectivity index (χ2v) is 5.22. The second-order valence-electron chi connectivity index (χ2n) is 5.22. The first-order chi connectivity index (χ1) is 12.5. The number of anilines is 2. The van der Waals surface area contributed by atoms with E-state index in [2.05, 4.69) is 25.9 Å². The van der Waals surface area contributed by atoms with Gasteiger partial charge >= 0.3 is 0 Å². The van der Waals surface area contributed by atoms with Crippen LogP contribution in [0, 0.1) is 0 Å². The number of nitrogen functional groups attached to an aromatic ring is 1. The lowest BCUT2D eigenvalue weighted by Gasteiger charge is -2.08. The number of nitrogens with two attached hydrogens (primary N) is 1. The molecule has 0 spiro atoms. The van der Waals surface area contributed by atoms with Gasteiger partial charge in [-0.25, -0.2) is 0 Å². The van der Waals surface area contributed by atoms with Crippen molar-refractivity contribution in [3.63, 3.8) is 0 Å². The molecule has 3 aromatic rings. The van der Waals surface area contributed by atoms with Crippen molar-refractivity contribution in [2.75, 3.05) is 24.7 Å². The average molecular weight is 355 g/mol. The van der Waals surface area contributed by atoms with Gasteiger partial charge in [-0.3, -0.25) is 9.59 Å². The maximum absolute atomic E-state index is 12.4. The van der Waals surface area contributed by atoms with Crippen molar-refractivity contribution in [2.45, 2.75) is 6.92 Å². The maximum atomic E-state index is 12.4. The van der Waals surface area contributed by atoms with Gasteiger partial charge in [0.05, 0.1) is 12.8 Å². The van der Waals surface area contributed by atoms with Crippen molar-refractivity contribution >= 4 is 29.0 Å². The van der Waals surface area contributed by atoms with E-state index in [1.807, 2.05) is 6.92 Å². The number of benzene rings is 1. The van der Waals surface area contributed by atoms with Crippen molar-refractivity contribution < 1.29 is 14.3 Å². The van der Waals surface area contributed by atoms with Crippen LogP contribution in [0.25, 0.3) is 5.65 Å². The largest absolute Gasteiger partial charge is 0.494 e. The molecule has 2 amide bonds. The number of amides is 2. The summed E-state index contributed by atoms with van der Waals surface area (Å²) in [5.74, 6) is -0.239. The van der Waals surface area contributed by atoms with E-state index in [1.165, 1.54) is 17.8 Å². The normalized spacial score (nSPS) is 10.5. The summed E-state index contributed by atoms with van der Waals surface area (Å²) in [5, 5.41) is 16.9. The van der Waals surface area contributed by atoms with E-state index in [9.17, 15) is 9.59 Å². The molecule has 0 radical (unpaired) electrons. The van der Waals surface area contributed by atoms with Crippen molar-refractivity contribution in [3.8, 4) is 5.75 Å². The molecular weight excluding hydrogens is 338 g/mol. The van der Waals surface area contributed by atoms with E-state index < -0.39 is 5.91 Å². The molecule has 0 aliphatic heterocycles. The van der Waals surface area contributed by atoms with Crippen molar-refractivity contribution in [1.82, 2.24) is 25.1 Å². The summed E-state index contributed by atoms with van der Waals surface area (Å²) < 4.78 is 6.55. The van der Waals surface area contributed by atoms with Crippen LogP contribution in [0.15, 0.2) is 30.5 Å². The summed E-state index contributed by atoms with van der Waals surface area (Å²) in [7, 11) is 1.49. The highest BCUT2D eigenvalue weighted by Gasteiger charge is 2.20. The average Bonchev–Trinajstić information content (AvgIpc) is 3.08. The topological polar surface area (TPSA) is 137 Å². The molecule has 10 heteroatoms. The van der Waals surface area contributed by atoms with Crippen LogP contribution >= 0.6 is 0 Å². The number of aromatic nitrogens is 4. The van der Waals surface area contributed by atoms with Gasteiger partial charge in [0.15, 0.2) is 17.2 Å². The summed E-state index contributed by atoms with van der Waals surface area (Å²) in [5.41, 5.74) is 6.81. The number of rotatable bonds is 5. The first kappa shape index (κ1) is 17.1. The molecule has 2 heterocycles. The zero-order valence-corrected chi connectivity index (χ0v) is 14.2. The number of ether oxygens (including phenoxy) is 1. The highest BCUT2D eigenvalue weighted by molar-refractivity contribution is 6.06. The molecule has 26 heavy (non-hydrogen) atoms. The Hall–Kier alpha value is -3.69. The van der Waals surface area contributed by atoms with Crippen LogP contribution in [-0.2, 0) is 0 Å². The van der Waals surface area contributed by atoms with Gasteiger partial charge in [-0.1, -0.05) is 0 Å². The number of hydrogen-bond donors (Lipinski definition) is 3. The van der Waals surface area contributed by atoms with Crippen LogP contribution < -0.4 is 21.1 Å². The van der Waals surface area contributed by atoms with Crippen molar-refractivity contribution in [3.05, 3.63) is 41.7 Å². The molecule has 0 fully saturated rings. The first-order valence-corrected chi connectivity index (χ1v) is 7.81. The Morgan fingerprint density at radius 3 is 2.58 bits per heavy atom. The minimum absolute atomic E-state index is 0.0198. The van der Waals surface area contributed by atoms with Gasteiger partial charge in [-0.05, 0) is 31.2 Å². The fourth-order valence-corrected chi connectivity index (χ4v) is 2.31. The predicted octanol–water partition coefficient (Wildman–Crippen LogP) is 0.717. The molecule has 0 saturated carbocycles. The van der Waals surface area contributed by atoms with E-state index in [4.69, 9.17) is 10.5 Å². The van der Waals surface area contributed by atoms with E-state index in [0.29, 0.717) is 18.0 Å². The van der Waals surface area contributed by atoms with Crippen LogP contribution in [0.1, 0.15) is 27.8 Å². The van der Waals surface area contributed by atoms with E-state index in [0.717, 1.165) is 0 Å². The molecule has 0 atom stereocenters. The molecule has 0 aliphatic carbocycles. The van der Waals surface area contributed by atoms with E-state index in [1.54, 1.807) is 24.3 Å². The molecule has 10 nitrogen and oxygen atoms in total. The number of carbonyl (C=O) groups excluding carboxylic acids is 2. The zero-order chi connectivity index (χ0) is 18.7. The Morgan fingerprint density at radius 2 is 1.92 bits per heavy atom. The Kier molecular flexibility index (Phi) is 4.65. The standard InChI is InChI=1S/C16H17N7O3/c1-3-26-10-6-4-9(5-7-10)20-16(25)12-13(17)23-14(22-21-12)11(8-19-23)15(24)18-2/h4-8H,3,17H2,1-2H3,(H,18,24)(H,20,25). The SMILES string of the molecule is CCOc1ccc(NC(=O)c2nnc3c(C(=O)NC)cnn3c2N)cc1. The number of nitrogens with one attached hydrogen (secondary N) is 2. The van der Waals surface area contributed by atoms with E-state index >= 15 is 0 Å². The minimum atomic E-state index is -0.543. The van der Waals surface area contributed by atoms with Gasteiger partial charge in [0.1, 0.15) is 11.3 Å². The van der Waals surface area contributed by atoms with Gasteiger partial charge in [0, 0.05) is 12.7 Å². The van der Waals surface area contributed by atoms with Gasteiger partial charge in [0.25, 0.3) is 11.8 Å². The fraction of sp³-hybridized carbons (Fsp3) is 0.188. The summed E-state index contributed by atoms with van der Waals surface area (Å²) in [6, 6.07) is 6.87. The van der Waals surface area contributed by atoms with E-state index in [-0.39, 0.29) is 28.6 Å². The quantitative estimate of drug-likeness (QED) is 0.613. The molecule has 0 saturated heterocycles. The molecule has 0 unspecified atom stereocenters. The maximum Gasteiger partial charge on any atom is 0.280 e. The Morgan fingerprint density at radius 1 is 1.19 bits per heavy atom. The first-order valence-electron chi connectivity index (χ1n) is 7.81. The molecule has 2 aromatic heterocycles. The Labute approximate surface area is 148 Å². The summed E-state index contributed by atoms with van der Waals surface area (Å²) in [6.45, 7) is 2.44. The smallest absolute Gasteiger partial charge is 0.280 e. The third-order valence-electron chi connectivity index (χ3n) is 3.57. The summed E-state index contributed by atoms with van der Waals surface area (Å²) in [6.07, 6.45) is 1.31. The Bertz CT molecular complexity index is 966. The molecule has 4 N–H and O–H groups in total. The molecule has 0 bridgehead atoms. The third-order valence-corrected chi connectivity index (χ3v) is 3.57. The van der Waals surface area contributed by atoms with Gasteiger partial charge < -0.3 is 21.1 Å². The summed E-state index contributed by atoms with van der Waals surface area (Å²) in [4.78, 5) is 24.2. The molecule has 0 aliphatic rings. The van der Waals surface area contributed by atoms with Gasteiger partial charge in [0.2, 0.25) is 0 Å². The molecule has 3 rings (SSSR count). The summed E-state index contributed by atoms with van der Waals surface area (Å²) >= 11 is 0. The highest BCUT2D eigenvalue weighted by atomic mass is 16.5. The number of nitrogens with zero attached hydrogens (tertiary/aromatic N) is 4. The molecular formula is C16H17N7O3. The lowest BCUT2D eigenvalue weighted by Crippen LogP contribution is -2.21. The van der Waals surface area contributed by atoms with Gasteiger partial charge in [-0.2, -0.15) is 9.61 Å².